The molecule has 1 aliphatic rings. The van der Waals surface area contributed by atoms with E-state index in [4.69, 9.17) is 27.6 Å². The average molecular weight is 689 g/mol. The lowest BCUT2D eigenvalue weighted by molar-refractivity contribution is -0.151. The van der Waals surface area contributed by atoms with Crippen LogP contribution >= 0.6 is 34.5 Å². The number of halogens is 6. The van der Waals surface area contributed by atoms with Gasteiger partial charge in [0.2, 0.25) is 15.9 Å². The quantitative estimate of drug-likeness (QED) is 0.274. The fourth-order valence-corrected chi connectivity index (χ4v) is 7.51. The number of hydrogen-bond acceptors (Lipinski definition) is 9. The first-order valence-corrected chi connectivity index (χ1v) is 16.0. The standard InChI is InChI=1S/C25H27Cl2F4N5O5S2/c1-4-15(25(29,30)31)35-43(39,40)14-6-5-13(17(26)18(14)27)20-19(23(37)36-9-7-12(28)8-10-36)32-22(42-20)21-34-33-16(41-21)11-24(2,3)38/h5-6,12,15,35,38H,4,7-11H2,1-3H3/t15-/m0/s1. The summed E-state index contributed by atoms with van der Waals surface area (Å²) < 4.78 is 86.6. The molecular formula is C25H27Cl2F4N5O5S2. The number of thiazole rings is 1. The number of alkyl halides is 4. The van der Waals surface area contributed by atoms with Crippen molar-refractivity contribution in [3.8, 4) is 21.3 Å². The molecule has 3 heterocycles. The zero-order valence-corrected chi connectivity index (χ0v) is 26.2. The van der Waals surface area contributed by atoms with E-state index in [1.807, 2.05) is 0 Å². The highest BCUT2D eigenvalue weighted by molar-refractivity contribution is 7.89. The third-order valence-electron chi connectivity index (χ3n) is 6.46. The summed E-state index contributed by atoms with van der Waals surface area (Å²) in [7, 11) is -4.77. The van der Waals surface area contributed by atoms with Gasteiger partial charge < -0.3 is 14.4 Å². The first-order chi connectivity index (χ1) is 19.9. The molecule has 1 amide bonds. The molecule has 2 N–H and O–H groups in total. The van der Waals surface area contributed by atoms with Gasteiger partial charge in [-0.2, -0.15) is 17.9 Å². The van der Waals surface area contributed by atoms with Crippen molar-refractivity contribution in [3.05, 3.63) is 33.8 Å². The van der Waals surface area contributed by atoms with Crippen LogP contribution in [0.3, 0.4) is 0 Å². The highest BCUT2D eigenvalue weighted by atomic mass is 35.5. The highest BCUT2D eigenvalue weighted by Crippen LogP contribution is 2.43. The van der Waals surface area contributed by atoms with Crippen molar-refractivity contribution in [2.24, 2.45) is 0 Å². The Morgan fingerprint density at radius 2 is 1.86 bits per heavy atom. The topological polar surface area (TPSA) is 139 Å². The second-order valence-corrected chi connectivity index (χ2v) is 14.0. The van der Waals surface area contributed by atoms with E-state index in [1.54, 1.807) is 18.6 Å². The summed E-state index contributed by atoms with van der Waals surface area (Å²) in [6.45, 7) is 4.51. The Labute approximate surface area is 258 Å². The molecule has 2 aromatic heterocycles. The lowest BCUT2D eigenvalue weighted by Gasteiger charge is -2.28. The van der Waals surface area contributed by atoms with Crippen LogP contribution < -0.4 is 4.72 Å². The van der Waals surface area contributed by atoms with Crippen LogP contribution in [0.15, 0.2) is 21.4 Å². The molecule has 0 saturated carbocycles. The van der Waals surface area contributed by atoms with Crippen molar-refractivity contribution >= 4 is 50.5 Å². The Balaban J connectivity index is 1.78. The molecule has 1 aromatic carbocycles. The van der Waals surface area contributed by atoms with E-state index in [-0.39, 0.29) is 70.3 Å². The zero-order valence-electron chi connectivity index (χ0n) is 23.0. The summed E-state index contributed by atoms with van der Waals surface area (Å²) >= 11 is 13.7. The molecule has 0 radical (unpaired) electrons. The fourth-order valence-electron chi connectivity index (χ4n) is 4.27. The second-order valence-electron chi connectivity index (χ2n) is 10.5. The normalized spacial score (nSPS) is 16.1. The van der Waals surface area contributed by atoms with Gasteiger partial charge in [-0.25, -0.2) is 17.8 Å². The van der Waals surface area contributed by atoms with Gasteiger partial charge in [0.25, 0.3) is 11.8 Å². The number of likely N-dealkylation sites (tertiary alicyclic amines) is 1. The van der Waals surface area contributed by atoms with E-state index < -0.39 is 56.3 Å². The maximum atomic E-state index is 13.8. The Bertz CT molecular complexity index is 1600. The number of aromatic nitrogens is 3. The number of carbonyl (C=O) groups is 1. The van der Waals surface area contributed by atoms with Crippen LogP contribution in [-0.4, -0.2) is 76.6 Å². The van der Waals surface area contributed by atoms with Crippen molar-refractivity contribution in [1.29, 1.82) is 0 Å². The molecule has 10 nitrogen and oxygen atoms in total. The Morgan fingerprint density at radius 3 is 2.44 bits per heavy atom. The SMILES string of the molecule is CC[C@H](NS(=O)(=O)c1ccc(-c2sc(-c3nnc(CC(C)(C)O)o3)nc2C(=O)N2CCC(F)CC2)c(Cl)c1Cl)C(F)(F)F. The van der Waals surface area contributed by atoms with Crippen molar-refractivity contribution in [2.75, 3.05) is 13.1 Å². The van der Waals surface area contributed by atoms with E-state index in [0.717, 1.165) is 17.4 Å². The van der Waals surface area contributed by atoms with Crippen LogP contribution in [0.2, 0.25) is 10.0 Å². The molecule has 236 valence electrons. The summed E-state index contributed by atoms with van der Waals surface area (Å²) in [5.41, 5.74) is -1.22. The minimum absolute atomic E-state index is 0.0286. The van der Waals surface area contributed by atoms with Gasteiger partial charge in [0, 0.05) is 18.7 Å². The first kappa shape index (κ1) is 33.5. The summed E-state index contributed by atoms with van der Waals surface area (Å²) in [5, 5.41) is 17.1. The zero-order chi connectivity index (χ0) is 31.9. The van der Waals surface area contributed by atoms with E-state index in [1.165, 1.54) is 17.9 Å². The molecule has 18 heteroatoms. The summed E-state index contributed by atoms with van der Waals surface area (Å²) in [5.74, 6) is -0.540. The monoisotopic (exact) mass is 687 g/mol. The molecule has 1 aliphatic heterocycles. The van der Waals surface area contributed by atoms with E-state index in [2.05, 4.69) is 15.2 Å². The van der Waals surface area contributed by atoms with Gasteiger partial charge in [0.15, 0.2) is 5.01 Å². The number of piperidine rings is 1. The van der Waals surface area contributed by atoms with Gasteiger partial charge in [0.1, 0.15) is 22.8 Å². The average Bonchev–Trinajstić information content (AvgIpc) is 3.54. The predicted octanol–water partition coefficient (Wildman–Crippen LogP) is 5.67. The molecule has 0 bridgehead atoms. The maximum Gasteiger partial charge on any atom is 0.404 e. The van der Waals surface area contributed by atoms with Gasteiger partial charge in [-0.1, -0.05) is 36.2 Å². The molecular weight excluding hydrogens is 661 g/mol. The second kappa shape index (κ2) is 12.6. The molecule has 1 saturated heterocycles. The Morgan fingerprint density at radius 1 is 1.21 bits per heavy atom. The van der Waals surface area contributed by atoms with Gasteiger partial charge in [-0.05, 0) is 39.2 Å². The van der Waals surface area contributed by atoms with Crippen LogP contribution in [0.5, 0.6) is 0 Å². The van der Waals surface area contributed by atoms with Gasteiger partial charge >= 0.3 is 6.18 Å². The number of hydrogen-bond donors (Lipinski definition) is 2. The first-order valence-electron chi connectivity index (χ1n) is 13.0. The van der Waals surface area contributed by atoms with Crippen molar-refractivity contribution in [3.63, 3.8) is 0 Å². The molecule has 0 unspecified atom stereocenters. The van der Waals surface area contributed by atoms with Crippen molar-refractivity contribution in [2.45, 2.75) is 75.3 Å². The van der Waals surface area contributed by atoms with Crippen molar-refractivity contribution < 1.29 is 40.3 Å². The van der Waals surface area contributed by atoms with Crippen LogP contribution in [0, 0.1) is 0 Å². The number of nitrogens with zero attached hydrogens (tertiary/aromatic N) is 4. The van der Waals surface area contributed by atoms with E-state index in [9.17, 15) is 35.9 Å². The number of aliphatic hydroxyl groups is 1. The summed E-state index contributed by atoms with van der Waals surface area (Å²) in [4.78, 5) is 18.8. The lowest BCUT2D eigenvalue weighted by atomic mass is 10.1. The number of amides is 1. The van der Waals surface area contributed by atoms with Crippen LogP contribution in [0.1, 0.15) is 56.4 Å². The fraction of sp³-hybridized carbons (Fsp3) is 0.520. The minimum Gasteiger partial charge on any atom is -0.419 e. The molecule has 1 atom stereocenters. The number of nitrogens with one attached hydrogen (secondary N) is 1. The van der Waals surface area contributed by atoms with Crippen molar-refractivity contribution in [1.82, 2.24) is 24.8 Å². The Kier molecular flexibility index (Phi) is 9.79. The maximum absolute atomic E-state index is 13.8. The van der Waals surface area contributed by atoms with Crippen LogP contribution in [0.4, 0.5) is 17.6 Å². The third-order valence-corrected chi connectivity index (χ3v) is 10.0. The molecule has 43 heavy (non-hydrogen) atoms. The van der Waals surface area contributed by atoms with Gasteiger partial charge in [-0.3, -0.25) is 4.79 Å². The molecule has 4 rings (SSSR count). The smallest absolute Gasteiger partial charge is 0.404 e. The number of carbonyl (C=O) groups excluding carboxylic acids is 1. The van der Waals surface area contributed by atoms with E-state index in [0.29, 0.717) is 0 Å². The third kappa shape index (κ3) is 7.65. The van der Waals surface area contributed by atoms with Gasteiger partial charge in [-0.15, -0.1) is 21.5 Å². The molecule has 1 fully saturated rings. The lowest BCUT2D eigenvalue weighted by Crippen LogP contribution is -2.44. The number of sulfonamides is 1. The summed E-state index contributed by atoms with van der Waals surface area (Å²) in [6, 6.07) is -0.178. The molecule has 0 spiro atoms. The number of rotatable bonds is 9. The van der Waals surface area contributed by atoms with Gasteiger partial charge in [0.05, 0.1) is 26.9 Å². The summed E-state index contributed by atoms with van der Waals surface area (Å²) in [6.07, 6.45) is -6.17. The number of benzene rings is 1. The minimum atomic E-state index is -4.84. The predicted molar refractivity (Wildman–Crippen MR) is 151 cm³/mol. The largest absolute Gasteiger partial charge is 0.419 e. The van der Waals surface area contributed by atoms with E-state index >= 15 is 0 Å². The molecule has 3 aromatic rings. The molecule has 0 aliphatic carbocycles. The highest BCUT2D eigenvalue weighted by Gasteiger charge is 2.41. The Hall–Kier alpha value is -2.37. The van der Waals surface area contributed by atoms with Crippen LogP contribution in [-0.2, 0) is 16.4 Å². The van der Waals surface area contributed by atoms with Crippen LogP contribution in [0.25, 0.3) is 21.3 Å².